The summed E-state index contributed by atoms with van der Waals surface area (Å²) in [6.07, 6.45) is 1.82. The Morgan fingerprint density at radius 2 is 1.63 bits per heavy atom. The molecule has 3 nitrogen and oxygen atoms in total. The number of benzene rings is 2. The number of hydrogen-bond donors (Lipinski definition) is 0. The number of pyridine rings is 1. The number of rotatable bonds is 5. The lowest BCUT2D eigenvalue weighted by Crippen LogP contribution is -2.48. The molecule has 1 aromatic heterocycles. The number of anilines is 1. The molecule has 1 unspecified atom stereocenters. The van der Waals surface area contributed by atoms with Crippen LogP contribution in [0.1, 0.15) is 42.6 Å². The minimum Gasteiger partial charge on any atom is -0.369 e. The number of halogens is 2. The monoisotopic (exact) mass is 423 g/mol. The van der Waals surface area contributed by atoms with Crippen molar-refractivity contribution in [3.63, 3.8) is 0 Å². The Morgan fingerprint density at radius 3 is 2.33 bits per heavy atom. The zero-order valence-corrected chi connectivity index (χ0v) is 18.2. The van der Waals surface area contributed by atoms with Gasteiger partial charge in [0.25, 0.3) is 0 Å². The van der Waals surface area contributed by atoms with Crippen LogP contribution in [0.5, 0.6) is 0 Å². The van der Waals surface area contributed by atoms with Crippen molar-refractivity contribution >= 4 is 17.3 Å². The van der Waals surface area contributed by atoms with Crippen molar-refractivity contribution in [2.45, 2.75) is 25.8 Å². The highest BCUT2D eigenvalue weighted by Crippen LogP contribution is 2.35. The fraction of sp³-hybridized carbons (Fsp3) is 0.320. The van der Waals surface area contributed by atoms with E-state index in [1.807, 2.05) is 42.6 Å². The van der Waals surface area contributed by atoms with Crippen molar-refractivity contribution < 1.29 is 4.39 Å². The van der Waals surface area contributed by atoms with Gasteiger partial charge in [-0.25, -0.2) is 4.39 Å². The summed E-state index contributed by atoms with van der Waals surface area (Å²) in [5.74, 6) is 0.135. The SMILES string of the molecule is CC(C)c1cccnc1C(c1ccccc1F)N1CCN(c2cccc(Cl)c2)CC1. The van der Waals surface area contributed by atoms with Crippen LogP contribution in [0, 0.1) is 5.82 Å². The van der Waals surface area contributed by atoms with E-state index in [0.29, 0.717) is 11.5 Å². The molecule has 0 N–H and O–H groups in total. The molecule has 1 aliphatic heterocycles. The van der Waals surface area contributed by atoms with Crippen molar-refractivity contribution in [2.75, 3.05) is 31.1 Å². The van der Waals surface area contributed by atoms with E-state index in [4.69, 9.17) is 16.6 Å². The van der Waals surface area contributed by atoms with Gasteiger partial charge < -0.3 is 4.90 Å². The third-order valence-electron chi connectivity index (χ3n) is 5.80. The molecule has 0 saturated carbocycles. The fourth-order valence-corrected chi connectivity index (χ4v) is 4.46. The average molecular weight is 424 g/mol. The van der Waals surface area contributed by atoms with Crippen molar-refractivity contribution in [2.24, 2.45) is 0 Å². The second kappa shape index (κ2) is 9.15. The van der Waals surface area contributed by atoms with Crippen LogP contribution in [0.3, 0.4) is 0 Å². The summed E-state index contributed by atoms with van der Waals surface area (Å²) >= 11 is 6.18. The Bertz CT molecular complexity index is 999. The predicted molar refractivity (Wildman–Crippen MR) is 122 cm³/mol. The summed E-state index contributed by atoms with van der Waals surface area (Å²) in [5.41, 5.74) is 3.94. The van der Waals surface area contributed by atoms with Gasteiger partial charge in [0, 0.05) is 48.6 Å². The van der Waals surface area contributed by atoms with Gasteiger partial charge in [0.1, 0.15) is 5.82 Å². The van der Waals surface area contributed by atoms with Gasteiger partial charge in [-0.2, -0.15) is 0 Å². The van der Waals surface area contributed by atoms with Crippen LogP contribution >= 0.6 is 11.6 Å². The van der Waals surface area contributed by atoms with Gasteiger partial charge in [-0.15, -0.1) is 0 Å². The predicted octanol–water partition coefficient (Wildman–Crippen LogP) is 5.91. The number of hydrogen-bond acceptors (Lipinski definition) is 3. The molecule has 2 aromatic carbocycles. The first-order valence-corrected chi connectivity index (χ1v) is 10.9. The number of piperazine rings is 1. The van der Waals surface area contributed by atoms with E-state index < -0.39 is 0 Å². The summed E-state index contributed by atoms with van der Waals surface area (Å²) < 4.78 is 14.9. The molecule has 0 amide bonds. The summed E-state index contributed by atoms with van der Waals surface area (Å²) in [6, 6.07) is 18.9. The van der Waals surface area contributed by atoms with Crippen LogP contribution in [-0.4, -0.2) is 36.1 Å². The third kappa shape index (κ3) is 4.35. The zero-order valence-electron chi connectivity index (χ0n) is 17.4. The Kier molecular flexibility index (Phi) is 6.35. The highest BCUT2D eigenvalue weighted by Gasteiger charge is 2.31. The molecule has 1 fully saturated rings. The maximum absolute atomic E-state index is 14.9. The molecule has 1 aliphatic rings. The Labute approximate surface area is 183 Å². The third-order valence-corrected chi connectivity index (χ3v) is 6.04. The zero-order chi connectivity index (χ0) is 21.1. The Morgan fingerprint density at radius 1 is 0.900 bits per heavy atom. The molecule has 0 spiro atoms. The quantitative estimate of drug-likeness (QED) is 0.508. The molecule has 4 rings (SSSR count). The van der Waals surface area contributed by atoms with E-state index in [-0.39, 0.29) is 11.9 Å². The molecular weight excluding hydrogens is 397 g/mol. The van der Waals surface area contributed by atoms with Crippen molar-refractivity contribution in [3.8, 4) is 0 Å². The average Bonchev–Trinajstić information content (AvgIpc) is 2.76. The van der Waals surface area contributed by atoms with Gasteiger partial charge in [0.05, 0.1) is 11.7 Å². The van der Waals surface area contributed by atoms with Crippen LogP contribution in [0.15, 0.2) is 66.9 Å². The standard InChI is InChI=1S/C25H27ClFN3/c1-18(2)21-10-6-12-28-24(21)25(22-9-3-4-11-23(22)27)30-15-13-29(14-16-30)20-8-5-7-19(26)17-20/h3-12,17-18,25H,13-16H2,1-2H3. The molecular formula is C25H27ClFN3. The maximum Gasteiger partial charge on any atom is 0.128 e. The first-order chi connectivity index (χ1) is 14.5. The van der Waals surface area contributed by atoms with Gasteiger partial charge in [-0.05, 0) is 41.8 Å². The van der Waals surface area contributed by atoms with Gasteiger partial charge in [0.15, 0.2) is 0 Å². The van der Waals surface area contributed by atoms with Gasteiger partial charge in [-0.1, -0.05) is 55.8 Å². The van der Waals surface area contributed by atoms with Crippen molar-refractivity contribution in [1.82, 2.24) is 9.88 Å². The lowest BCUT2D eigenvalue weighted by atomic mass is 9.92. The summed E-state index contributed by atoms with van der Waals surface area (Å²) in [7, 11) is 0. The molecule has 2 heterocycles. The van der Waals surface area contributed by atoms with Crippen LogP contribution in [0.2, 0.25) is 5.02 Å². The van der Waals surface area contributed by atoms with E-state index in [1.165, 1.54) is 5.56 Å². The highest BCUT2D eigenvalue weighted by atomic mass is 35.5. The summed E-state index contributed by atoms with van der Waals surface area (Å²) in [4.78, 5) is 9.43. The van der Waals surface area contributed by atoms with Crippen molar-refractivity contribution in [3.05, 3.63) is 94.5 Å². The molecule has 3 aromatic rings. The smallest absolute Gasteiger partial charge is 0.128 e. The molecule has 1 saturated heterocycles. The molecule has 156 valence electrons. The van der Waals surface area contributed by atoms with Gasteiger partial charge in [-0.3, -0.25) is 9.88 Å². The fourth-order valence-electron chi connectivity index (χ4n) is 4.27. The van der Waals surface area contributed by atoms with E-state index in [0.717, 1.165) is 42.6 Å². The van der Waals surface area contributed by atoms with Crippen LogP contribution in [0.25, 0.3) is 0 Å². The minimum absolute atomic E-state index is 0.180. The van der Waals surface area contributed by atoms with E-state index in [2.05, 4.69) is 35.8 Å². The molecule has 0 bridgehead atoms. The second-order valence-electron chi connectivity index (χ2n) is 8.06. The first-order valence-electron chi connectivity index (χ1n) is 10.5. The Hall–Kier alpha value is -2.43. The van der Waals surface area contributed by atoms with Gasteiger partial charge >= 0.3 is 0 Å². The topological polar surface area (TPSA) is 19.4 Å². The van der Waals surface area contributed by atoms with Crippen LogP contribution < -0.4 is 4.90 Å². The lowest BCUT2D eigenvalue weighted by molar-refractivity contribution is 0.204. The first kappa shape index (κ1) is 20.8. The number of nitrogens with zero attached hydrogens (tertiary/aromatic N) is 3. The molecule has 30 heavy (non-hydrogen) atoms. The summed E-state index contributed by atoms with van der Waals surface area (Å²) in [6.45, 7) is 7.68. The van der Waals surface area contributed by atoms with E-state index >= 15 is 0 Å². The Balaban J connectivity index is 1.66. The van der Waals surface area contributed by atoms with E-state index in [9.17, 15) is 4.39 Å². The van der Waals surface area contributed by atoms with Crippen LogP contribution in [0.4, 0.5) is 10.1 Å². The normalized spacial score (nSPS) is 16.1. The molecule has 0 radical (unpaired) electrons. The highest BCUT2D eigenvalue weighted by molar-refractivity contribution is 6.30. The second-order valence-corrected chi connectivity index (χ2v) is 8.50. The van der Waals surface area contributed by atoms with Crippen molar-refractivity contribution in [1.29, 1.82) is 0 Å². The molecule has 0 aliphatic carbocycles. The van der Waals surface area contributed by atoms with Gasteiger partial charge in [0.2, 0.25) is 0 Å². The van der Waals surface area contributed by atoms with E-state index in [1.54, 1.807) is 12.1 Å². The molecule has 5 heteroatoms. The largest absolute Gasteiger partial charge is 0.369 e. The minimum atomic E-state index is -0.202. The summed E-state index contributed by atoms with van der Waals surface area (Å²) in [5, 5.41) is 0.745. The molecule has 1 atom stereocenters. The van der Waals surface area contributed by atoms with Crippen LogP contribution in [-0.2, 0) is 0 Å². The lowest BCUT2D eigenvalue weighted by Gasteiger charge is -2.41. The maximum atomic E-state index is 14.9. The number of aromatic nitrogens is 1.